The van der Waals surface area contributed by atoms with E-state index >= 15 is 0 Å². The van der Waals surface area contributed by atoms with Crippen molar-refractivity contribution >= 4 is 5.78 Å². The molecule has 0 unspecified atom stereocenters. The van der Waals surface area contributed by atoms with Gasteiger partial charge in [0, 0.05) is 13.0 Å². The maximum atomic E-state index is 13.1. The van der Waals surface area contributed by atoms with E-state index < -0.39 is 11.6 Å². The molecule has 1 rings (SSSR count). The first kappa shape index (κ1) is 11.8. The van der Waals surface area contributed by atoms with Crippen molar-refractivity contribution in [2.45, 2.75) is 13.3 Å². The Morgan fingerprint density at radius 3 is 2.80 bits per heavy atom. The van der Waals surface area contributed by atoms with Crippen LogP contribution < -0.4 is 5.32 Å². The van der Waals surface area contributed by atoms with E-state index in [0.29, 0.717) is 6.54 Å². The highest BCUT2D eigenvalue weighted by Gasteiger charge is 2.11. The molecular weight excluding hydrogens is 200 g/mol. The zero-order chi connectivity index (χ0) is 11.3. The van der Waals surface area contributed by atoms with E-state index in [-0.39, 0.29) is 17.8 Å². The van der Waals surface area contributed by atoms with Gasteiger partial charge in [-0.05, 0) is 24.7 Å². The van der Waals surface area contributed by atoms with Crippen LogP contribution >= 0.6 is 0 Å². The average molecular weight is 213 g/mol. The van der Waals surface area contributed by atoms with Gasteiger partial charge in [-0.25, -0.2) is 8.78 Å². The predicted molar refractivity (Wildman–Crippen MR) is 53.8 cm³/mol. The first-order chi connectivity index (χ1) is 7.15. The summed E-state index contributed by atoms with van der Waals surface area (Å²) in [6.07, 6.45) is 0.175. The van der Waals surface area contributed by atoms with E-state index in [4.69, 9.17) is 0 Å². The average Bonchev–Trinajstić information content (AvgIpc) is 2.22. The molecule has 0 aromatic heterocycles. The molecule has 0 aliphatic heterocycles. The van der Waals surface area contributed by atoms with E-state index in [0.717, 1.165) is 24.7 Å². The quantitative estimate of drug-likeness (QED) is 0.599. The fourth-order valence-electron chi connectivity index (χ4n) is 1.22. The van der Waals surface area contributed by atoms with Gasteiger partial charge in [-0.1, -0.05) is 6.92 Å². The van der Waals surface area contributed by atoms with E-state index in [1.807, 2.05) is 6.92 Å². The molecule has 0 spiro atoms. The first-order valence-electron chi connectivity index (χ1n) is 4.84. The van der Waals surface area contributed by atoms with E-state index in [1.165, 1.54) is 0 Å². The lowest BCUT2D eigenvalue weighted by molar-refractivity contribution is 0.0978. The highest BCUT2D eigenvalue weighted by Crippen LogP contribution is 2.11. The third kappa shape index (κ3) is 3.40. The monoisotopic (exact) mass is 213 g/mol. The normalized spacial score (nSPS) is 10.3. The number of rotatable bonds is 5. The third-order valence-corrected chi connectivity index (χ3v) is 2.01. The largest absolute Gasteiger partial charge is 0.317 e. The summed E-state index contributed by atoms with van der Waals surface area (Å²) in [5.74, 6) is -1.64. The van der Waals surface area contributed by atoms with Crippen LogP contribution in [0.25, 0.3) is 0 Å². The zero-order valence-corrected chi connectivity index (χ0v) is 8.52. The lowest BCUT2D eigenvalue weighted by atomic mass is 10.1. The summed E-state index contributed by atoms with van der Waals surface area (Å²) in [5, 5.41) is 2.95. The lowest BCUT2D eigenvalue weighted by Crippen LogP contribution is -2.18. The third-order valence-electron chi connectivity index (χ3n) is 2.01. The van der Waals surface area contributed by atoms with Crippen LogP contribution in [0.1, 0.15) is 23.7 Å². The SMILES string of the molecule is CCNCCC(=O)c1cc(F)ccc1F. The summed E-state index contributed by atoms with van der Waals surface area (Å²) in [4.78, 5) is 11.4. The molecule has 0 atom stereocenters. The number of benzene rings is 1. The summed E-state index contributed by atoms with van der Waals surface area (Å²) in [6.45, 7) is 3.14. The Hall–Kier alpha value is -1.29. The Balaban J connectivity index is 2.68. The van der Waals surface area contributed by atoms with Crippen molar-refractivity contribution in [3.8, 4) is 0 Å². The molecule has 0 saturated carbocycles. The predicted octanol–water partition coefficient (Wildman–Crippen LogP) is 2.15. The van der Waals surface area contributed by atoms with Gasteiger partial charge in [0.15, 0.2) is 5.78 Å². The Morgan fingerprint density at radius 2 is 2.13 bits per heavy atom. The van der Waals surface area contributed by atoms with Gasteiger partial charge in [-0.2, -0.15) is 0 Å². The zero-order valence-electron chi connectivity index (χ0n) is 8.52. The van der Waals surface area contributed by atoms with Crippen molar-refractivity contribution < 1.29 is 13.6 Å². The van der Waals surface area contributed by atoms with Crippen molar-refractivity contribution in [3.63, 3.8) is 0 Å². The number of ketones is 1. The van der Waals surface area contributed by atoms with Gasteiger partial charge in [0.2, 0.25) is 0 Å². The minimum Gasteiger partial charge on any atom is -0.317 e. The first-order valence-corrected chi connectivity index (χ1v) is 4.84. The van der Waals surface area contributed by atoms with Crippen LogP contribution in [0.15, 0.2) is 18.2 Å². The van der Waals surface area contributed by atoms with Crippen LogP contribution in [0.4, 0.5) is 8.78 Å². The number of nitrogens with one attached hydrogen (secondary N) is 1. The van der Waals surface area contributed by atoms with Crippen LogP contribution in [-0.4, -0.2) is 18.9 Å². The lowest BCUT2D eigenvalue weighted by Gasteiger charge is -2.03. The molecule has 0 saturated heterocycles. The minimum absolute atomic E-state index is 0.173. The molecular formula is C11H13F2NO. The van der Waals surface area contributed by atoms with Crippen LogP contribution in [-0.2, 0) is 0 Å². The second-order valence-electron chi connectivity index (χ2n) is 3.15. The minimum atomic E-state index is -0.669. The van der Waals surface area contributed by atoms with Crippen molar-refractivity contribution in [1.82, 2.24) is 5.32 Å². The maximum Gasteiger partial charge on any atom is 0.167 e. The Morgan fingerprint density at radius 1 is 1.40 bits per heavy atom. The molecule has 0 aliphatic carbocycles. The van der Waals surface area contributed by atoms with Crippen LogP contribution in [0, 0.1) is 11.6 Å². The fourth-order valence-corrected chi connectivity index (χ4v) is 1.22. The van der Waals surface area contributed by atoms with Crippen LogP contribution in [0.5, 0.6) is 0 Å². The maximum absolute atomic E-state index is 13.1. The number of hydrogen-bond acceptors (Lipinski definition) is 2. The molecule has 1 aromatic carbocycles. The molecule has 2 nitrogen and oxygen atoms in total. The topological polar surface area (TPSA) is 29.1 Å². The highest BCUT2D eigenvalue weighted by molar-refractivity contribution is 5.96. The van der Waals surface area contributed by atoms with Gasteiger partial charge in [0.05, 0.1) is 5.56 Å². The summed E-state index contributed by atoms with van der Waals surface area (Å²) in [7, 11) is 0. The van der Waals surface area contributed by atoms with Gasteiger partial charge in [0.1, 0.15) is 11.6 Å². The Labute approximate surface area is 87.3 Å². The molecule has 4 heteroatoms. The Kier molecular flexibility index (Phi) is 4.37. The molecule has 0 bridgehead atoms. The number of halogens is 2. The summed E-state index contributed by atoms with van der Waals surface area (Å²) >= 11 is 0. The van der Waals surface area contributed by atoms with E-state index in [9.17, 15) is 13.6 Å². The number of Topliss-reactive ketones (excluding diaryl/α,β-unsaturated/α-hetero) is 1. The van der Waals surface area contributed by atoms with Crippen molar-refractivity contribution in [3.05, 3.63) is 35.4 Å². The molecule has 82 valence electrons. The van der Waals surface area contributed by atoms with Gasteiger partial charge >= 0.3 is 0 Å². The van der Waals surface area contributed by atoms with Gasteiger partial charge in [-0.3, -0.25) is 4.79 Å². The second kappa shape index (κ2) is 5.56. The molecule has 0 radical (unpaired) electrons. The van der Waals surface area contributed by atoms with Crippen LogP contribution in [0.2, 0.25) is 0 Å². The summed E-state index contributed by atoms with van der Waals surface area (Å²) in [6, 6.07) is 2.90. The van der Waals surface area contributed by atoms with Crippen molar-refractivity contribution in [2.24, 2.45) is 0 Å². The van der Waals surface area contributed by atoms with E-state index in [2.05, 4.69) is 5.32 Å². The van der Waals surface area contributed by atoms with Crippen LogP contribution in [0.3, 0.4) is 0 Å². The molecule has 0 heterocycles. The molecule has 0 fully saturated rings. The van der Waals surface area contributed by atoms with Crippen molar-refractivity contribution in [2.75, 3.05) is 13.1 Å². The highest BCUT2D eigenvalue weighted by atomic mass is 19.1. The molecule has 1 aromatic rings. The fraction of sp³-hybridized carbons (Fsp3) is 0.364. The molecule has 0 aliphatic rings. The molecule has 1 N–H and O–H groups in total. The van der Waals surface area contributed by atoms with Crippen molar-refractivity contribution in [1.29, 1.82) is 0 Å². The van der Waals surface area contributed by atoms with Gasteiger partial charge in [0.25, 0.3) is 0 Å². The summed E-state index contributed by atoms with van der Waals surface area (Å²) in [5.41, 5.74) is -0.173. The van der Waals surface area contributed by atoms with E-state index in [1.54, 1.807) is 0 Å². The van der Waals surface area contributed by atoms with Gasteiger partial charge < -0.3 is 5.32 Å². The number of carbonyl (C=O) groups excluding carboxylic acids is 1. The number of hydrogen-bond donors (Lipinski definition) is 1. The number of carbonyl (C=O) groups is 1. The van der Waals surface area contributed by atoms with Gasteiger partial charge in [-0.15, -0.1) is 0 Å². The second-order valence-corrected chi connectivity index (χ2v) is 3.15. The summed E-state index contributed by atoms with van der Waals surface area (Å²) < 4.78 is 25.9. The molecule has 0 amide bonds. The Bertz CT molecular complexity index is 352. The molecule has 15 heavy (non-hydrogen) atoms. The smallest absolute Gasteiger partial charge is 0.167 e. The standard InChI is InChI=1S/C11H13F2NO/c1-2-14-6-5-11(15)9-7-8(12)3-4-10(9)13/h3-4,7,14H,2,5-6H2,1H3.